The van der Waals surface area contributed by atoms with Crippen molar-refractivity contribution >= 4 is 5.91 Å². The summed E-state index contributed by atoms with van der Waals surface area (Å²) in [6.45, 7) is 2.95. The van der Waals surface area contributed by atoms with Gasteiger partial charge in [0.05, 0.1) is 0 Å². The Hall–Kier alpha value is -1.35. The molecule has 3 rings (SSSR count). The molecule has 0 aromatic heterocycles. The normalized spacial score (nSPS) is 20.0. The molecule has 1 saturated carbocycles. The topological polar surface area (TPSA) is 32.3 Å². The molecule has 1 aliphatic heterocycles. The molecule has 3 nitrogen and oxygen atoms in total. The minimum atomic E-state index is 0.237. The molecular weight excluding hydrogens is 260 g/mol. The van der Waals surface area contributed by atoms with Crippen LogP contribution < -0.4 is 5.32 Å². The van der Waals surface area contributed by atoms with Gasteiger partial charge in [0.2, 0.25) is 5.91 Å². The first kappa shape index (κ1) is 14.6. The van der Waals surface area contributed by atoms with Crippen molar-refractivity contribution in [3.05, 3.63) is 35.4 Å². The Morgan fingerprint density at radius 1 is 1.14 bits per heavy atom. The van der Waals surface area contributed by atoms with Gasteiger partial charge >= 0.3 is 0 Å². The van der Waals surface area contributed by atoms with E-state index in [1.54, 1.807) is 0 Å². The fourth-order valence-electron chi connectivity index (χ4n) is 3.55. The molecule has 0 unspecified atom stereocenters. The monoisotopic (exact) mass is 286 g/mol. The Bertz CT molecular complexity index is 480. The fourth-order valence-corrected chi connectivity index (χ4v) is 3.55. The van der Waals surface area contributed by atoms with Crippen molar-refractivity contribution in [2.45, 2.75) is 57.5 Å². The summed E-state index contributed by atoms with van der Waals surface area (Å²) in [4.78, 5) is 14.5. The Balaban J connectivity index is 1.42. The number of rotatable bonds is 4. The summed E-state index contributed by atoms with van der Waals surface area (Å²) < 4.78 is 0. The molecule has 3 heteroatoms. The summed E-state index contributed by atoms with van der Waals surface area (Å²) in [5, 5.41) is 3.21. The molecule has 0 radical (unpaired) electrons. The Kier molecular flexibility index (Phi) is 4.91. The lowest BCUT2D eigenvalue weighted by Crippen LogP contribution is -2.39. The Morgan fingerprint density at radius 2 is 1.90 bits per heavy atom. The van der Waals surface area contributed by atoms with Crippen molar-refractivity contribution in [1.29, 1.82) is 0 Å². The first-order valence-corrected chi connectivity index (χ1v) is 8.40. The minimum Gasteiger partial charge on any atom is -0.353 e. The first-order valence-electron chi connectivity index (χ1n) is 8.40. The third-order valence-corrected chi connectivity index (χ3v) is 4.84. The largest absolute Gasteiger partial charge is 0.353 e. The van der Waals surface area contributed by atoms with Crippen LogP contribution in [0.3, 0.4) is 0 Å². The highest BCUT2D eigenvalue weighted by atomic mass is 16.1. The molecule has 0 spiro atoms. The van der Waals surface area contributed by atoms with Gasteiger partial charge in [-0.05, 0) is 30.4 Å². The van der Waals surface area contributed by atoms with Gasteiger partial charge in [-0.25, -0.2) is 0 Å². The quantitative estimate of drug-likeness (QED) is 0.923. The van der Waals surface area contributed by atoms with Crippen molar-refractivity contribution < 1.29 is 4.79 Å². The van der Waals surface area contributed by atoms with Gasteiger partial charge in [0.25, 0.3) is 0 Å². The third kappa shape index (κ3) is 4.07. The number of nitrogens with zero attached hydrogens (tertiary/aromatic N) is 1. The van der Waals surface area contributed by atoms with Crippen molar-refractivity contribution in [2.24, 2.45) is 0 Å². The molecule has 1 aliphatic carbocycles. The fraction of sp³-hybridized carbons (Fsp3) is 0.611. The van der Waals surface area contributed by atoms with Crippen LogP contribution in [0.1, 0.15) is 49.7 Å². The van der Waals surface area contributed by atoms with Crippen LogP contribution >= 0.6 is 0 Å². The molecule has 1 N–H and O–H groups in total. The summed E-state index contributed by atoms with van der Waals surface area (Å²) >= 11 is 0. The van der Waals surface area contributed by atoms with E-state index in [0.717, 1.165) is 26.1 Å². The molecule has 114 valence electrons. The molecule has 1 aromatic rings. The molecule has 0 atom stereocenters. The molecular formula is C18H26N2O. The molecule has 1 heterocycles. The number of nitrogens with one attached hydrogen (secondary N) is 1. The van der Waals surface area contributed by atoms with Gasteiger partial charge in [-0.2, -0.15) is 0 Å². The van der Waals surface area contributed by atoms with Gasteiger partial charge in [-0.15, -0.1) is 0 Å². The van der Waals surface area contributed by atoms with E-state index >= 15 is 0 Å². The van der Waals surface area contributed by atoms with E-state index < -0.39 is 0 Å². The van der Waals surface area contributed by atoms with E-state index in [2.05, 4.69) is 34.5 Å². The summed E-state index contributed by atoms with van der Waals surface area (Å²) in [6, 6.07) is 9.10. The average molecular weight is 286 g/mol. The molecule has 2 aliphatic rings. The summed E-state index contributed by atoms with van der Waals surface area (Å²) in [7, 11) is 0. The lowest BCUT2D eigenvalue weighted by atomic mass is 9.95. The van der Waals surface area contributed by atoms with Gasteiger partial charge in [-0.1, -0.05) is 43.5 Å². The number of carbonyl (C=O) groups is 1. The molecule has 0 saturated heterocycles. The maximum atomic E-state index is 12.1. The average Bonchev–Trinajstić information content (AvgIpc) is 2.54. The van der Waals surface area contributed by atoms with Gasteiger partial charge in [0, 0.05) is 32.1 Å². The number of hydrogen-bond acceptors (Lipinski definition) is 2. The number of fused-ring (bicyclic) bond motifs is 1. The first-order chi connectivity index (χ1) is 10.3. The van der Waals surface area contributed by atoms with E-state index in [0.29, 0.717) is 12.5 Å². The van der Waals surface area contributed by atoms with E-state index in [1.165, 1.54) is 43.2 Å². The number of benzene rings is 1. The van der Waals surface area contributed by atoms with Crippen LogP contribution in [0.4, 0.5) is 0 Å². The highest BCUT2D eigenvalue weighted by Crippen LogP contribution is 2.19. The van der Waals surface area contributed by atoms with Crippen LogP contribution in [0.2, 0.25) is 0 Å². The molecule has 1 aromatic carbocycles. The number of carbonyl (C=O) groups excluding carboxylic acids is 1. The van der Waals surface area contributed by atoms with Crippen LogP contribution in [0.25, 0.3) is 0 Å². The standard InChI is InChI=1S/C18H26N2O/c21-18(19-17-8-2-1-3-9-17)11-13-20-12-10-15-6-4-5-7-16(15)14-20/h4-7,17H,1-3,8-14H2,(H,19,21). The number of hydrogen-bond donors (Lipinski definition) is 1. The Labute approximate surface area is 127 Å². The van der Waals surface area contributed by atoms with Gasteiger partial charge < -0.3 is 5.32 Å². The van der Waals surface area contributed by atoms with Gasteiger partial charge in [0.1, 0.15) is 0 Å². The third-order valence-electron chi connectivity index (χ3n) is 4.84. The van der Waals surface area contributed by atoms with Crippen molar-refractivity contribution in [3.63, 3.8) is 0 Å². The van der Waals surface area contributed by atoms with E-state index in [9.17, 15) is 4.79 Å². The second-order valence-corrected chi connectivity index (χ2v) is 6.45. The summed E-state index contributed by atoms with van der Waals surface area (Å²) in [5.41, 5.74) is 2.90. The van der Waals surface area contributed by atoms with Crippen LogP contribution in [0.5, 0.6) is 0 Å². The van der Waals surface area contributed by atoms with Crippen molar-refractivity contribution in [1.82, 2.24) is 10.2 Å². The predicted octanol–water partition coefficient (Wildman–Crippen LogP) is 2.88. The SMILES string of the molecule is O=C(CCN1CCc2ccccc2C1)NC1CCCCC1. The lowest BCUT2D eigenvalue weighted by molar-refractivity contribution is -0.122. The smallest absolute Gasteiger partial charge is 0.221 e. The van der Waals surface area contributed by atoms with Crippen molar-refractivity contribution in [2.75, 3.05) is 13.1 Å². The maximum Gasteiger partial charge on any atom is 0.221 e. The molecule has 21 heavy (non-hydrogen) atoms. The predicted molar refractivity (Wildman–Crippen MR) is 85.1 cm³/mol. The summed E-state index contributed by atoms with van der Waals surface area (Å²) in [5.74, 6) is 0.237. The van der Waals surface area contributed by atoms with E-state index in [1.807, 2.05) is 0 Å². The van der Waals surface area contributed by atoms with Crippen LogP contribution in [0, 0.1) is 0 Å². The lowest BCUT2D eigenvalue weighted by Gasteiger charge is -2.29. The van der Waals surface area contributed by atoms with Crippen molar-refractivity contribution in [3.8, 4) is 0 Å². The zero-order valence-electron chi connectivity index (χ0n) is 12.8. The zero-order valence-corrected chi connectivity index (χ0v) is 12.8. The maximum absolute atomic E-state index is 12.1. The molecule has 1 fully saturated rings. The van der Waals surface area contributed by atoms with Crippen LogP contribution in [-0.2, 0) is 17.8 Å². The van der Waals surface area contributed by atoms with Gasteiger partial charge in [-0.3, -0.25) is 9.69 Å². The zero-order chi connectivity index (χ0) is 14.5. The van der Waals surface area contributed by atoms with Crippen LogP contribution in [0.15, 0.2) is 24.3 Å². The van der Waals surface area contributed by atoms with E-state index in [-0.39, 0.29) is 5.91 Å². The highest BCUT2D eigenvalue weighted by molar-refractivity contribution is 5.76. The minimum absolute atomic E-state index is 0.237. The number of amides is 1. The van der Waals surface area contributed by atoms with E-state index in [4.69, 9.17) is 0 Å². The second-order valence-electron chi connectivity index (χ2n) is 6.45. The molecule has 1 amide bonds. The second kappa shape index (κ2) is 7.08. The van der Waals surface area contributed by atoms with Crippen LogP contribution in [-0.4, -0.2) is 29.9 Å². The molecule has 0 bridgehead atoms. The summed E-state index contributed by atoms with van der Waals surface area (Å²) in [6.07, 6.45) is 7.96. The Morgan fingerprint density at radius 3 is 2.71 bits per heavy atom. The van der Waals surface area contributed by atoms with Gasteiger partial charge in [0.15, 0.2) is 0 Å². The highest BCUT2D eigenvalue weighted by Gasteiger charge is 2.18.